The van der Waals surface area contributed by atoms with Crippen molar-refractivity contribution in [3.05, 3.63) is 93.9 Å². The lowest BCUT2D eigenvalue weighted by Crippen LogP contribution is -2.30. The predicted octanol–water partition coefficient (Wildman–Crippen LogP) is 5.84. The van der Waals surface area contributed by atoms with E-state index >= 15 is 0 Å². The van der Waals surface area contributed by atoms with Crippen molar-refractivity contribution < 1.29 is 9.59 Å². The summed E-state index contributed by atoms with van der Waals surface area (Å²) in [6.07, 6.45) is 5.26. The topological polar surface area (TPSA) is 54.3 Å². The maximum Gasteiger partial charge on any atom is 0.329 e. The summed E-state index contributed by atoms with van der Waals surface area (Å²) >= 11 is 0. The van der Waals surface area contributed by atoms with Gasteiger partial charge in [-0.2, -0.15) is 0 Å². The van der Waals surface area contributed by atoms with Gasteiger partial charge in [-0.3, -0.25) is 9.69 Å². The number of hydrogen-bond donors (Lipinski definition) is 1. The molecule has 3 aromatic rings. The molecule has 5 nitrogen and oxygen atoms in total. The average molecular weight is 442 g/mol. The van der Waals surface area contributed by atoms with E-state index in [1.54, 1.807) is 6.08 Å². The fourth-order valence-corrected chi connectivity index (χ4v) is 4.27. The van der Waals surface area contributed by atoms with Crippen molar-refractivity contribution in [3.63, 3.8) is 0 Å². The number of nitrogens with zero attached hydrogens (tertiary/aromatic N) is 2. The Kier molecular flexibility index (Phi) is 6.50. The number of urea groups is 1. The highest BCUT2D eigenvalue weighted by molar-refractivity contribution is 6.14. The molecule has 1 N–H and O–H groups in total. The van der Waals surface area contributed by atoms with E-state index in [1.165, 1.54) is 23.3 Å². The van der Waals surface area contributed by atoms with Crippen molar-refractivity contribution in [2.45, 2.75) is 53.5 Å². The van der Waals surface area contributed by atoms with Crippen LogP contribution >= 0.6 is 0 Å². The SMILES string of the molecule is CCCCc1ccc(-n2c(C)cc(/C=C3/NC(=O)N(Cc4ccc(C)cc4)C3=O)c2C)cc1. The third kappa shape index (κ3) is 4.77. The lowest BCUT2D eigenvalue weighted by Gasteiger charge is -2.12. The molecule has 0 radical (unpaired) electrons. The van der Waals surface area contributed by atoms with Gasteiger partial charge in [0.05, 0.1) is 6.54 Å². The summed E-state index contributed by atoms with van der Waals surface area (Å²) in [5, 5.41) is 2.75. The van der Waals surface area contributed by atoms with Crippen molar-refractivity contribution in [1.82, 2.24) is 14.8 Å². The number of benzene rings is 2. The summed E-state index contributed by atoms with van der Waals surface area (Å²) < 4.78 is 2.18. The third-order valence-electron chi connectivity index (χ3n) is 6.21. The third-order valence-corrected chi connectivity index (χ3v) is 6.21. The second-order valence-electron chi connectivity index (χ2n) is 8.80. The molecule has 0 unspecified atom stereocenters. The monoisotopic (exact) mass is 441 g/mol. The number of nitrogens with one attached hydrogen (secondary N) is 1. The Morgan fingerprint density at radius 3 is 2.24 bits per heavy atom. The van der Waals surface area contributed by atoms with Crippen LogP contribution in [-0.4, -0.2) is 21.4 Å². The van der Waals surface area contributed by atoms with Crippen LogP contribution in [0.5, 0.6) is 0 Å². The van der Waals surface area contributed by atoms with E-state index in [0.717, 1.165) is 40.2 Å². The molecule has 0 spiro atoms. The maximum atomic E-state index is 13.0. The van der Waals surface area contributed by atoms with Gasteiger partial charge in [0.25, 0.3) is 5.91 Å². The van der Waals surface area contributed by atoms with Crippen LogP contribution in [0.25, 0.3) is 11.8 Å². The molecule has 4 rings (SSSR count). The molecular weight excluding hydrogens is 410 g/mol. The standard InChI is InChI=1S/C28H31N3O2/c1-5-6-7-22-12-14-25(15-13-22)31-20(3)16-24(21(31)4)17-26-27(32)30(28(33)29-26)18-23-10-8-19(2)9-11-23/h8-17H,5-7,18H2,1-4H3,(H,29,33)/b26-17+. The molecule has 2 heterocycles. The van der Waals surface area contributed by atoms with Gasteiger partial charge in [-0.25, -0.2) is 4.79 Å². The van der Waals surface area contributed by atoms with Gasteiger partial charge in [-0.15, -0.1) is 0 Å². The predicted molar refractivity (Wildman–Crippen MR) is 132 cm³/mol. The summed E-state index contributed by atoms with van der Waals surface area (Å²) in [6.45, 7) is 8.56. The van der Waals surface area contributed by atoms with Crippen LogP contribution in [0.2, 0.25) is 0 Å². The zero-order chi connectivity index (χ0) is 23.5. The first kappa shape index (κ1) is 22.6. The van der Waals surface area contributed by atoms with E-state index < -0.39 is 0 Å². The molecule has 1 saturated heterocycles. The zero-order valence-corrected chi connectivity index (χ0v) is 19.8. The van der Waals surface area contributed by atoms with Gasteiger partial charge in [-0.05, 0) is 74.6 Å². The molecule has 170 valence electrons. The number of hydrogen-bond acceptors (Lipinski definition) is 2. The molecule has 2 aromatic carbocycles. The molecular formula is C28H31N3O2. The largest absolute Gasteiger partial charge is 0.329 e. The summed E-state index contributed by atoms with van der Waals surface area (Å²) in [7, 11) is 0. The highest BCUT2D eigenvalue weighted by Gasteiger charge is 2.33. The van der Waals surface area contributed by atoms with E-state index in [9.17, 15) is 9.59 Å². The van der Waals surface area contributed by atoms with Crippen molar-refractivity contribution >= 4 is 18.0 Å². The van der Waals surface area contributed by atoms with Crippen LogP contribution in [0.1, 0.15) is 53.4 Å². The number of aromatic nitrogens is 1. The number of rotatable bonds is 7. The molecule has 33 heavy (non-hydrogen) atoms. The number of imide groups is 1. The maximum absolute atomic E-state index is 13.0. The van der Waals surface area contributed by atoms with Gasteiger partial charge in [0.1, 0.15) is 5.70 Å². The minimum atomic E-state index is -0.386. The Hall–Kier alpha value is -3.60. The number of carbonyl (C=O) groups is 2. The van der Waals surface area contributed by atoms with Crippen molar-refractivity contribution in [1.29, 1.82) is 0 Å². The quantitative estimate of drug-likeness (QED) is 0.370. The molecule has 0 bridgehead atoms. The summed E-state index contributed by atoms with van der Waals surface area (Å²) in [5.41, 5.74) is 7.84. The number of amides is 3. The van der Waals surface area contributed by atoms with Crippen molar-refractivity contribution in [2.75, 3.05) is 0 Å². The highest BCUT2D eigenvalue weighted by atomic mass is 16.2. The number of aryl methyl sites for hydroxylation is 3. The molecule has 5 heteroatoms. The molecule has 3 amide bonds. The van der Waals surface area contributed by atoms with Crippen molar-refractivity contribution in [2.24, 2.45) is 0 Å². The van der Waals surface area contributed by atoms with E-state index in [-0.39, 0.29) is 18.5 Å². The van der Waals surface area contributed by atoms with Gasteiger partial charge in [-0.1, -0.05) is 55.3 Å². The second-order valence-corrected chi connectivity index (χ2v) is 8.80. The van der Waals surface area contributed by atoms with E-state index in [2.05, 4.69) is 54.1 Å². The minimum absolute atomic E-state index is 0.256. The van der Waals surface area contributed by atoms with E-state index in [4.69, 9.17) is 0 Å². The first-order chi connectivity index (χ1) is 15.9. The van der Waals surface area contributed by atoms with Crippen LogP contribution in [0.4, 0.5) is 4.79 Å². The van der Waals surface area contributed by atoms with Gasteiger partial charge < -0.3 is 9.88 Å². The number of carbonyl (C=O) groups excluding carboxylic acids is 2. The van der Waals surface area contributed by atoms with Crippen LogP contribution in [0.15, 0.2) is 60.3 Å². The summed E-state index contributed by atoms with van der Waals surface area (Å²) in [6, 6.07) is 18.2. The second kappa shape index (κ2) is 9.49. The summed E-state index contributed by atoms with van der Waals surface area (Å²) in [5.74, 6) is -0.300. The van der Waals surface area contributed by atoms with Gasteiger partial charge >= 0.3 is 6.03 Å². The zero-order valence-electron chi connectivity index (χ0n) is 19.8. The molecule has 1 fully saturated rings. The van der Waals surface area contributed by atoms with Crippen molar-refractivity contribution in [3.8, 4) is 5.69 Å². The molecule has 1 aliphatic heterocycles. The fraction of sp³-hybridized carbons (Fsp3) is 0.286. The Morgan fingerprint density at radius 2 is 1.58 bits per heavy atom. The molecule has 0 aliphatic carbocycles. The van der Waals surface area contributed by atoms with Crippen LogP contribution in [0.3, 0.4) is 0 Å². The lowest BCUT2D eigenvalue weighted by molar-refractivity contribution is -0.123. The normalized spacial score (nSPS) is 14.9. The summed E-state index contributed by atoms with van der Waals surface area (Å²) in [4.78, 5) is 26.7. The Balaban J connectivity index is 1.56. The van der Waals surface area contributed by atoms with Gasteiger partial charge in [0.2, 0.25) is 0 Å². The molecule has 1 aliphatic rings. The first-order valence-electron chi connectivity index (χ1n) is 11.6. The molecule has 0 atom stereocenters. The minimum Gasteiger partial charge on any atom is -0.318 e. The highest BCUT2D eigenvalue weighted by Crippen LogP contribution is 2.25. The van der Waals surface area contributed by atoms with E-state index in [1.807, 2.05) is 38.1 Å². The lowest BCUT2D eigenvalue weighted by atomic mass is 10.1. The molecule has 0 saturated carbocycles. The smallest absolute Gasteiger partial charge is 0.318 e. The van der Waals surface area contributed by atoms with Crippen LogP contribution in [0, 0.1) is 20.8 Å². The molecule has 1 aromatic heterocycles. The van der Waals surface area contributed by atoms with Crippen LogP contribution in [-0.2, 0) is 17.8 Å². The van der Waals surface area contributed by atoms with Gasteiger partial charge in [0, 0.05) is 17.1 Å². The average Bonchev–Trinajstić information content (AvgIpc) is 3.23. The van der Waals surface area contributed by atoms with Gasteiger partial charge in [0.15, 0.2) is 0 Å². The Labute approximate surface area is 195 Å². The Bertz CT molecular complexity index is 1200. The number of unbranched alkanes of at least 4 members (excludes halogenated alkanes) is 1. The fourth-order valence-electron chi connectivity index (χ4n) is 4.27. The van der Waals surface area contributed by atoms with E-state index in [0.29, 0.717) is 5.70 Å². The first-order valence-corrected chi connectivity index (χ1v) is 11.6. The Morgan fingerprint density at radius 1 is 0.909 bits per heavy atom. The van der Waals surface area contributed by atoms with Crippen LogP contribution < -0.4 is 5.32 Å².